The van der Waals surface area contributed by atoms with Crippen LogP contribution in [0.25, 0.3) is 0 Å². The number of rotatable bonds is 10. The summed E-state index contributed by atoms with van der Waals surface area (Å²) in [6, 6.07) is 0. The quantitative estimate of drug-likeness (QED) is 0.601. The van der Waals surface area contributed by atoms with Gasteiger partial charge in [-0.3, -0.25) is 4.79 Å². The highest BCUT2D eigenvalue weighted by Crippen LogP contribution is 2.05. The van der Waals surface area contributed by atoms with Crippen molar-refractivity contribution < 1.29 is 9.90 Å². The molecule has 0 aromatic rings. The molecule has 1 N–H and O–H groups in total. The van der Waals surface area contributed by atoms with E-state index < -0.39 is 0 Å². The average molecular weight is 247 g/mol. The second-order valence-corrected chi connectivity index (χ2v) is 4.97. The summed E-state index contributed by atoms with van der Waals surface area (Å²) in [4.78, 5) is 13.8. The second-order valence-electron chi connectivity index (χ2n) is 3.86. The van der Waals surface area contributed by atoms with Gasteiger partial charge in [0.1, 0.15) is 0 Å². The third-order valence-electron chi connectivity index (χ3n) is 2.38. The monoisotopic (exact) mass is 247 g/mol. The molecular formula is C12H25NO2S. The molecule has 0 atom stereocenters. The van der Waals surface area contributed by atoms with Crippen LogP contribution in [0.4, 0.5) is 0 Å². The minimum atomic E-state index is 0.155. The van der Waals surface area contributed by atoms with Crippen LogP contribution < -0.4 is 0 Å². The molecule has 96 valence electrons. The van der Waals surface area contributed by atoms with Crippen molar-refractivity contribution in [2.45, 2.75) is 39.5 Å². The number of aliphatic hydroxyl groups is 1. The van der Waals surface area contributed by atoms with Gasteiger partial charge in [-0.05, 0) is 12.8 Å². The zero-order valence-corrected chi connectivity index (χ0v) is 11.4. The molecule has 0 fully saturated rings. The van der Waals surface area contributed by atoms with Crippen molar-refractivity contribution in [2.24, 2.45) is 0 Å². The largest absolute Gasteiger partial charge is 0.396 e. The summed E-state index contributed by atoms with van der Waals surface area (Å²) in [6.45, 7) is 6.21. The summed E-state index contributed by atoms with van der Waals surface area (Å²) in [5.74, 6) is 1.38. The van der Waals surface area contributed by atoms with Crippen molar-refractivity contribution in [1.29, 1.82) is 0 Å². The molecule has 0 saturated carbocycles. The Morgan fingerprint density at radius 1 is 1.19 bits per heavy atom. The number of thioether (sulfide) groups is 1. The van der Waals surface area contributed by atoms with E-state index in [0.717, 1.165) is 38.8 Å². The van der Waals surface area contributed by atoms with Crippen LogP contribution in [0, 0.1) is 0 Å². The highest BCUT2D eigenvalue weighted by atomic mass is 32.2. The fraction of sp³-hybridized carbons (Fsp3) is 0.917. The van der Waals surface area contributed by atoms with E-state index >= 15 is 0 Å². The highest BCUT2D eigenvalue weighted by Gasteiger charge is 2.11. The number of amides is 1. The third-order valence-corrected chi connectivity index (χ3v) is 3.30. The van der Waals surface area contributed by atoms with Crippen molar-refractivity contribution in [2.75, 3.05) is 31.2 Å². The minimum absolute atomic E-state index is 0.155. The molecule has 1 amide bonds. The molecule has 0 bridgehead atoms. The van der Waals surface area contributed by atoms with Gasteiger partial charge >= 0.3 is 0 Å². The minimum Gasteiger partial charge on any atom is -0.396 e. The molecular weight excluding hydrogens is 222 g/mol. The first-order chi connectivity index (χ1) is 7.76. The predicted octanol–water partition coefficient (Wildman–Crippen LogP) is 2.14. The van der Waals surface area contributed by atoms with Gasteiger partial charge in [0.05, 0.1) is 12.4 Å². The Hall–Kier alpha value is -0.220. The number of carbonyl (C=O) groups is 1. The van der Waals surface area contributed by atoms with Crippen LogP contribution in [0.5, 0.6) is 0 Å². The number of nitrogens with zero attached hydrogens (tertiary/aromatic N) is 1. The Morgan fingerprint density at radius 3 is 2.19 bits per heavy atom. The highest BCUT2D eigenvalue weighted by molar-refractivity contribution is 7.99. The van der Waals surface area contributed by atoms with E-state index in [1.807, 2.05) is 4.90 Å². The molecule has 0 aliphatic heterocycles. The number of hydrogen-bond acceptors (Lipinski definition) is 3. The van der Waals surface area contributed by atoms with E-state index in [-0.39, 0.29) is 12.5 Å². The van der Waals surface area contributed by atoms with Crippen molar-refractivity contribution in [3.05, 3.63) is 0 Å². The molecule has 0 aliphatic carbocycles. The SMILES string of the molecule is CCCCN(CCCC)C(=O)CSCCO. The van der Waals surface area contributed by atoms with E-state index in [1.54, 1.807) is 0 Å². The van der Waals surface area contributed by atoms with Gasteiger partial charge in [0.15, 0.2) is 0 Å². The summed E-state index contributed by atoms with van der Waals surface area (Å²) in [7, 11) is 0. The van der Waals surface area contributed by atoms with Gasteiger partial charge in [-0.2, -0.15) is 0 Å². The van der Waals surface area contributed by atoms with Crippen LogP contribution in [0.1, 0.15) is 39.5 Å². The van der Waals surface area contributed by atoms with Crippen LogP contribution in [0.2, 0.25) is 0 Å². The summed E-state index contributed by atoms with van der Waals surface area (Å²) in [5.41, 5.74) is 0. The Labute approximate surface area is 104 Å². The molecule has 0 saturated heterocycles. The van der Waals surface area contributed by atoms with Crippen LogP contribution in [0.3, 0.4) is 0 Å². The van der Waals surface area contributed by atoms with E-state index in [0.29, 0.717) is 11.5 Å². The molecule has 3 nitrogen and oxygen atoms in total. The summed E-state index contributed by atoms with van der Waals surface area (Å²) >= 11 is 1.52. The van der Waals surface area contributed by atoms with Gasteiger partial charge in [-0.25, -0.2) is 0 Å². The lowest BCUT2D eigenvalue weighted by Crippen LogP contribution is -2.34. The maximum atomic E-state index is 11.9. The summed E-state index contributed by atoms with van der Waals surface area (Å²) < 4.78 is 0. The Morgan fingerprint density at radius 2 is 1.75 bits per heavy atom. The molecule has 0 aromatic heterocycles. The Bertz CT molecular complexity index is 168. The van der Waals surface area contributed by atoms with Crippen molar-refractivity contribution in [1.82, 2.24) is 4.90 Å². The molecule has 0 unspecified atom stereocenters. The summed E-state index contributed by atoms with van der Waals surface area (Å²) in [6.07, 6.45) is 4.42. The molecule has 0 aliphatic rings. The van der Waals surface area contributed by atoms with Crippen molar-refractivity contribution >= 4 is 17.7 Å². The molecule has 0 radical (unpaired) electrons. The molecule has 0 heterocycles. The van der Waals surface area contributed by atoms with E-state index in [4.69, 9.17) is 5.11 Å². The van der Waals surface area contributed by atoms with E-state index in [1.165, 1.54) is 11.8 Å². The smallest absolute Gasteiger partial charge is 0.232 e. The Kier molecular flexibility index (Phi) is 11.1. The number of aliphatic hydroxyl groups excluding tert-OH is 1. The normalized spacial score (nSPS) is 10.4. The zero-order chi connectivity index (χ0) is 12.2. The second kappa shape index (κ2) is 11.3. The van der Waals surface area contributed by atoms with Gasteiger partial charge in [0.25, 0.3) is 0 Å². The molecule has 4 heteroatoms. The maximum Gasteiger partial charge on any atom is 0.232 e. The van der Waals surface area contributed by atoms with Gasteiger partial charge in [-0.1, -0.05) is 26.7 Å². The lowest BCUT2D eigenvalue weighted by Gasteiger charge is -2.22. The third kappa shape index (κ3) is 7.99. The molecule has 16 heavy (non-hydrogen) atoms. The lowest BCUT2D eigenvalue weighted by molar-refractivity contribution is -0.128. The number of hydrogen-bond donors (Lipinski definition) is 1. The molecule has 0 aromatic carbocycles. The first kappa shape index (κ1) is 15.8. The van der Waals surface area contributed by atoms with Gasteiger partial charge in [0.2, 0.25) is 5.91 Å². The van der Waals surface area contributed by atoms with Crippen LogP contribution in [-0.4, -0.2) is 47.1 Å². The first-order valence-electron chi connectivity index (χ1n) is 6.22. The van der Waals surface area contributed by atoms with Gasteiger partial charge < -0.3 is 10.0 Å². The van der Waals surface area contributed by atoms with Crippen LogP contribution in [0.15, 0.2) is 0 Å². The predicted molar refractivity (Wildman–Crippen MR) is 70.8 cm³/mol. The Balaban J connectivity index is 3.88. The zero-order valence-electron chi connectivity index (χ0n) is 10.6. The van der Waals surface area contributed by atoms with E-state index in [9.17, 15) is 4.79 Å². The van der Waals surface area contributed by atoms with Gasteiger partial charge in [-0.15, -0.1) is 11.8 Å². The maximum absolute atomic E-state index is 11.9. The lowest BCUT2D eigenvalue weighted by atomic mass is 10.2. The molecule has 0 rings (SSSR count). The van der Waals surface area contributed by atoms with Crippen LogP contribution >= 0.6 is 11.8 Å². The summed E-state index contributed by atoms with van der Waals surface area (Å²) in [5, 5.41) is 8.65. The van der Waals surface area contributed by atoms with Crippen molar-refractivity contribution in [3.63, 3.8) is 0 Å². The average Bonchev–Trinajstić information content (AvgIpc) is 2.29. The number of unbranched alkanes of at least 4 members (excludes halogenated alkanes) is 2. The first-order valence-corrected chi connectivity index (χ1v) is 7.38. The fourth-order valence-electron chi connectivity index (χ4n) is 1.37. The standard InChI is InChI=1S/C12H25NO2S/c1-3-5-7-13(8-6-4-2)12(15)11-16-10-9-14/h14H,3-11H2,1-2H3. The molecule has 0 spiro atoms. The van der Waals surface area contributed by atoms with E-state index in [2.05, 4.69) is 13.8 Å². The fourth-order valence-corrected chi connectivity index (χ4v) is 2.01. The van der Waals surface area contributed by atoms with Crippen LogP contribution in [-0.2, 0) is 4.79 Å². The van der Waals surface area contributed by atoms with Gasteiger partial charge in [0, 0.05) is 18.8 Å². The number of carbonyl (C=O) groups excluding carboxylic acids is 1. The van der Waals surface area contributed by atoms with Crippen molar-refractivity contribution in [3.8, 4) is 0 Å². The topological polar surface area (TPSA) is 40.5 Å².